The van der Waals surface area contributed by atoms with E-state index in [1.165, 1.54) is 44.6 Å². The zero-order chi connectivity index (χ0) is 18.8. The van der Waals surface area contributed by atoms with Crippen LogP contribution in [0.1, 0.15) is 10.4 Å². The second-order valence-electron chi connectivity index (χ2n) is 5.05. The molecule has 2 aromatic carbocycles. The molecule has 2 rings (SSSR count). The minimum absolute atomic E-state index is 0.0122. The normalized spacial score (nSPS) is 11.1. The summed E-state index contributed by atoms with van der Waals surface area (Å²) in [6, 6.07) is 6.88. The van der Waals surface area contributed by atoms with Crippen LogP contribution in [0.3, 0.4) is 0 Å². The molecule has 0 spiro atoms. The number of methoxy groups -OCH3 is 2. The van der Waals surface area contributed by atoms with Gasteiger partial charge in [-0.05, 0) is 24.3 Å². The van der Waals surface area contributed by atoms with Gasteiger partial charge in [-0.15, -0.1) is 0 Å². The van der Waals surface area contributed by atoms with E-state index in [0.717, 1.165) is 6.26 Å². The van der Waals surface area contributed by atoms with Crippen LogP contribution in [0.15, 0.2) is 35.2 Å². The lowest BCUT2D eigenvalue weighted by atomic mass is 10.2. The molecule has 0 saturated carbocycles. The van der Waals surface area contributed by atoms with Crippen LogP contribution in [-0.4, -0.2) is 34.8 Å². The third-order valence-electron chi connectivity index (χ3n) is 3.33. The molecule has 25 heavy (non-hydrogen) atoms. The van der Waals surface area contributed by atoms with Crippen LogP contribution < -0.4 is 14.8 Å². The number of carbonyl (C=O) groups is 1. The van der Waals surface area contributed by atoms with Gasteiger partial charge in [0.05, 0.1) is 40.4 Å². The van der Waals surface area contributed by atoms with Crippen molar-refractivity contribution in [3.63, 3.8) is 0 Å². The predicted octanol–water partition coefficient (Wildman–Crippen LogP) is 3.67. The molecule has 1 N–H and O–H groups in total. The molecule has 0 aromatic heterocycles. The number of rotatable bonds is 5. The molecule has 0 atom stereocenters. The molecular weight excluding hydrogens is 389 g/mol. The van der Waals surface area contributed by atoms with E-state index >= 15 is 0 Å². The number of ether oxygens (including phenoxy) is 2. The lowest BCUT2D eigenvalue weighted by molar-refractivity contribution is 0.102. The predicted molar refractivity (Wildman–Crippen MR) is 97.1 cm³/mol. The summed E-state index contributed by atoms with van der Waals surface area (Å²) in [4.78, 5) is 12.5. The molecule has 0 heterocycles. The first-order valence-electron chi connectivity index (χ1n) is 6.90. The van der Waals surface area contributed by atoms with Crippen molar-refractivity contribution in [2.24, 2.45) is 0 Å². The van der Waals surface area contributed by atoms with Crippen molar-refractivity contribution >= 4 is 44.6 Å². The van der Waals surface area contributed by atoms with Gasteiger partial charge in [0, 0.05) is 12.3 Å². The summed E-state index contributed by atoms with van der Waals surface area (Å²) in [5, 5.41) is 2.99. The highest BCUT2D eigenvalue weighted by Crippen LogP contribution is 2.36. The monoisotopic (exact) mass is 403 g/mol. The number of hydrogen-bond donors (Lipinski definition) is 1. The van der Waals surface area contributed by atoms with Crippen LogP contribution in [0, 0.1) is 0 Å². The summed E-state index contributed by atoms with van der Waals surface area (Å²) in [5.41, 5.74) is 0.303. The van der Waals surface area contributed by atoms with E-state index in [4.69, 9.17) is 32.7 Å². The van der Waals surface area contributed by atoms with E-state index in [-0.39, 0.29) is 20.5 Å². The number of halogens is 2. The minimum Gasteiger partial charge on any atom is -0.495 e. The number of nitrogens with one attached hydrogen (secondary N) is 1. The molecule has 0 saturated heterocycles. The summed E-state index contributed by atoms with van der Waals surface area (Å²) in [7, 11) is -0.598. The Morgan fingerprint density at radius 2 is 1.64 bits per heavy atom. The van der Waals surface area contributed by atoms with Crippen molar-refractivity contribution in [2.75, 3.05) is 25.8 Å². The highest BCUT2D eigenvalue weighted by molar-refractivity contribution is 7.90. The van der Waals surface area contributed by atoms with Gasteiger partial charge < -0.3 is 14.8 Å². The van der Waals surface area contributed by atoms with Crippen molar-refractivity contribution in [3.8, 4) is 11.5 Å². The Morgan fingerprint density at radius 1 is 1.00 bits per heavy atom. The number of hydrogen-bond acceptors (Lipinski definition) is 5. The molecule has 1 amide bonds. The molecule has 2 aromatic rings. The summed E-state index contributed by atoms with van der Waals surface area (Å²) in [6.45, 7) is 0. The van der Waals surface area contributed by atoms with Gasteiger partial charge in [0.2, 0.25) is 0 Å². The highest BCUT2D eigenvalue weighted by atomic mass is 35.5. The van der Waals surface area contributed by atoms with Crippen molar-refractivity contribution in [3.05, 3.63) is 45.9 Å². The average molecular weight is 404 g/mol. The fourth-order valence-corrected chi connectivity index (χ4v) is 3.15. The lowest BCUT2D eigenvalue weighted by Crippen LogP contribution is -2.14. The Hall–Kier alpha value is -1.96. The van der Waals surface area contributed by atoms with Gasteiger partial charge in [0.25, 0.3) is 5.91 Å². The molecule has 6 nitrogen and oxygen atoms in total. The average Bonchev–Trinajstić information content (AvgIpc) is 2.54. The van der Waals surface area contributed by atoms with Crippen LogP contribution in [0.4, 0.5) is 5.69 Å². The Morgan fingerprint density at radius 3 is 2.20 bits per heavy atom. The quantitative estimate of drug-likeness (QED) is 0.823. The Bertz CT molecular complexity index is 928. The number of anilines is 1. The first-order chi connectivity index (χ1) is 11.7. The fourth-order valence-electron chi connectivity index (χ4n) is 2.06. The number of amides is 1. The Kier molecular flexibility index (Phi) is 5.82. The SMILES string of the molecule is COc1cc(OC)c(NC(=O)c2cc(S(C)(=O)=O)ccc2Cl)cc1Cl. The van der Waals surface area contributed by atoms with Crippen molar-refractivity contribution in [2.45, 2.75) is 4.90 Å². The van der Waals surface area contributed by atoms with E-state index in [2.05, 4.69) is 5.32 Å². The molecule has 0 aliphatic rings. The number of benzene rings is 2. The van der Waals surface area contributed by atoms with Crippen molar-refractivity contribution in [1.29, 1.82) is 0 Å². The molecule has 9 heteroatoms. The summed E-state index contributed by atoms with van der Waals surface area (Å²) in [5.74, 6) is 0.105. The first kappa shape index (κ1) is 19.4. The minimum atomic E-state index is -3.48. The van der Waals surface area contributed by atoms with Gasteiger partial charge >= 0.3 is 0 Å². The Balaban J connectivity index is 2.42. The van der Waals surface area contributed by atoms with Crippen molar-refractivity contribution in [1.82, 2.24) is 0 Å². The molecule has 0 fully saturated rings. The first-order valence-corrected chi connectivity index (χ1v) is 9.54. The van der Waals surface area contributed by atoms with Crippen LogP contribution in [-0.2, 0) is 9.84 Å². The molecule has 0 radical (unpaired) electrons. The van der Waals surface area contributed by atoms with Gasteiger partial charge in [-0.3, -0.25) is 4.79 Å². The molecule has 0 bridgehead atoms. The molecular formula is C16H15Cl2NO5S. The molecule has 134 valence electrons. The molecule has 0 unspecified atom stereocenters. The maximum Gasteiger partial charge on any atom is 0.257 e. The van der Waals surface area contributed by atoms with Gasteiger partial charge in [0.1, 0.15) is 11.5 Å². The largest absolute Gasteiger partial charge is 0.495 e. The highest BCUT2D eigenvalue weighted by Gasteiger charge is 2.18. The maximum absolute atomic E-state index is 12.5. The summed E-state index contributed by atoms with van der Waals surface area (Å²) < 4.78 is 33.6. The third-order valence-corrected chi connectivity index (χ3v) is 5.07. The van der Waals surface area contributed by atoms with Gasteiger partial charge in [-0.1, -0.05) is 23.2 Å². The second kappa shape index (κ2) is 7.51. The van der Waals surface area contributed by atoms with Crippen LogP contribution >= 0.6 is 23.2 Å². The maximum atomic E-state index is 12.5. The van der Waals surface area contributed by atoms with Crippen LogP contribution in [0.25, 0.3) is 0 Å². The lowest BCUT2D eigenvalue weighted by Gasteiger charge is -2.14. The van der Waals surface area contributed by atoms with E-state index in [1.54, 1.807) is 0 Å². The molecule has 0 aliphatic carbocycles. The van der Waals surface area contributed by atoms with E-state index in [1.807, 2.05) is 0 Å². The summed E-state index contributed by atoms with van der Waals surface area (Å²) >= 11 is 12.1. The third kappa shape index (κ3) is 4.36. The second-order valence-corrected chi connectivity index (χ2v) is 7.89. The van der Waals surface area contributed by atoms with Crippen molar-refractivity contribution < 1.29 is 22.7 Å². The van der Waals surface area contributed by atoms with E-state index < -0.39 is 15.7 Å². The van der Waals surface area contributed by atoms with Gasteiger partial charge in [-0.2, -0.15) is 0 Å². The smallest absolute Gasteiger partial charge is 0.257 e. The number of sulfone groups is 1. The zero-order valence-corrected chi connectivity index (χ0v) is 15.9. The Labute approximate surface area is 155 Å². The topological polar surface area (TPSA) is 81.7 Å². The standard InChI is InChI=1S/C16H15Cl2NO5S/c1-23-14-8-15(24-2)13(7-12(14)18)19-16(20)10-6-9(25(3,21)22)4-5-11(10)17/h4-8H,1-3H3,(H,19,20). The van der Waals surface area contributed by atoms with Gasteiger partial charge in [0.15, 0.2) is 9.84 Å². The number of carbonyl (C=O) groups excluding carboxylic acids is 1. The van der Waals surface area contributed by atoms with Crippen LogP contribution in [0.5, 0.6) is 11.5 Å². The van der Waals surface area contributed by atoms with Gasteiger partial charge in [-0.25, -0.2) is 8.42 Å². The van der Waals surface area contributed by atoms with Crippen LogP contribution in [0.2, 0.25) is 10.0 Å². The van der Waals surface area contributed by atoms with E-state index in [9.17, 15) is 13.2 Å². The zero-order valence-electron chi connectivity index (χ0n) is 13.6. The fraction of sp³-hybridized carbons (Fsp3) is 0.188. The summed E-state index contributed by atoms with van der Waals surface area (Å²) in [6.07, 6.45) is 1.05. The molecule has 0 aliphatic heterocycles. The van der Waals surface area contributed by atoms with E-state index in [0.29, 0.717) is 17.2 Å².